The number of amides is 1. The first kappa shape index (κ1) is 19.2. The second kappa shape index (κ2) is 8.83. The summed E-state index contributed by atoms with van der Waals surface area (Å²) in [6, 6.07) is 1.78. The number of anilines is 1. The lowest BCUT2D eigenvalue weighted by atomic mass is 10.3. The Labute approximate surface area is 163 Å². The highest BCUT2D eigenvalue weighted by Gasteiger charge is 2.27. The van der Waals surface area contributed by atoms with E-state index in [0.29, 0.717) is 25.6 Å². The number of aromatic nitrogens is 3. The average Bonchev–Trinajstić information content (AvgIpc) is 3.23. The van der Waals surface area contributed by atoms with Crippen molar-refractivity contribution in [1.29, 1.82) is 0 Å². The van der Waals surface area contributed by atoms with Crippen LogP contribution in [0.5, 0.6) is 0 Å². The molecule has 9 nitrogen and oxygen atoms in total. The Hall–Kier alpha value is -2.11. The number of halogens is 1. The maximum Gasteiger partial charge on any atom is 0.246 e. The van der Waals surface area contributed by atoms with Gasteiger partial charge in [0.05, 0.1) is 18.4 Å². The summed E-state index contributed by atoms with van der Waals surface area (Å²) in [4.78, 5) is 20.7. The van der Waals surface area contributed by atoms with Gasteiger partial charge in [0.2, 0.25) is 5.91 Å². The van der Waals surface area contributed by atoms with Crippen LogP contribution in [0.1, 0.15) is 12.6 Å². The average molecular weight is 459 g/mol. The van der Waals surface area contributed by atoms with E-state index in [1.807, 2.05) is 25.1 Å². The number of carbonyl (C=O) groups excluding carboxylic acids is 1. The minimum absolute atomic E-state index is 0. The van der Waals surface area contributed by atoms with Crippen molar-refractivity contribution in [3.8, 4) is 0 Å². The first-order valence-corrected chi connectivity index (χ1v) is 7.89. The van der Waals surface area contributed by atoms with Gasteiger partial charge < -0.3 is 19.6 Å². The molecule has 1 fully saturated rings. The second-order valence-corrected chi connectivity index (χ2v) is 5.50. The van der Waals surface area contributed by atoms with Crippen molar-refractivity contribution in [2.24, 2.45) is 12.0 Å². The number of carbonyl (C=O) groups is 1. The van der Waals surface area contributed by atoms with Crippen molar-refractivity contribution in [2.45, 2.75) is 13.5 Å². The third-order valence-electron chi connectivity index (χ3n) is 3.74. The summed E-state index contributed by atoms with van der Waals surface area (Å²) in [5.41, 5.74) is 1.58. The lowest BCUT2D eigenvalue weighted by Crippen LogP contribution is -2.55. The van der Waals surface area contributed by atoms with Gasteiger partial charge >= 0.3 is 0 Å². The maximum absolute atomic E-state index is 12.5. The molecule has 1 saturated heterocycles. The summed E-state index contributed by atoms with van der Waals surface area (Å²) in [6.45, 7) is 4.72. The first-order chi connectivity index (χ1) is 11.7. The van der Waals surface area contributed by atoms with E-state index in [2.05, 4.69) is 20.6 Å². The number of rotatable bonds is 4. The van der Waals surface area contributed by atoms with Gasteiger partial charge in [-0.15, -0.1) is 24.0 Å². The molecular weight excluding hydrogens is 437 g/mol. The minimum Gasteiger partial charge on any atom is -0.364 e. The molecule has 0 atom stereocenters. The zero-order chi connectivity index (χ0) is 16.9. The summed E-state index contributed by atoms with van der Waals surface area (Å²) in [5.74, 6) is 0.737. The van der Waals surface area contributed by atoms with Crippen LogP contribution in [0, 0.1) is 0 Å². The van der Waals surface area contributed by atoms with Crippen molar-refractivity contribution >= 4 is 41.5 Å². The number of nitrogens with one attached hydrogen (secondary N) is 1. The molecule has 25 heavy (non-hydrogen) atoms. The fourth-order valence-corrected chi connectivity index (χ4v) is 2.58. The topological polar surface area (TPSA) is 91.8 Å². The van der Waals surface area contributed by atoms with Crippen LogP contribution in [0.3, 0.4) is 0 Å². The molecule has 0 aliphatic carbocycles. The number of aliphatic imine (C=N–C) groups is 1. The van der Waals surface area contributed by atoms with E-state index in [-0.39, 0.29) is 36.4 Å². The van der Waals surface area contributed by atoms with Crippen LogP contribution in [0.2, 0.25) is 0 Å². The van der Waals surface area contributed by atoms with Gasteiger partial charge in [-0.1, -0.05) is 5.16 Å². The lowest BCUT2D eigenvalue weighted by Gasteiger charge is -2.35. The maximum atomic E-state index is 12.5. The van der Waals surface area contributed by atoms with Gasteiger partial charge in [0.1, 0.15) is 18.5 Å². The third-order valence-corrected chi connectivity index (χ3v) is 3.74. The van der Waals surface area contributed by atoms with Gasteiger partial charge in [-0.3, -0.25) is 9.48 Å². The van der Waals surface area contributed by atoms with Crippen LogP contribution >= 0.6 is 24.0 Å². The molecule has 3 rings (SSSR count). The highest BCUT2D eigenvalue weighted by molar-refractivity contribution is 14.0. The molecule has 1 amide bonds. The van der Waals surface area contributed by atoms with Crippen LogP contribution in [-0.4, -0.2) is 57.9 Å². The highest BCUT2D eigenvalue weighted by Crippen LogP contribution is 2.16. The zero-order valence-electron chi connectivity index (χ0n) is 14.3. The summed E-state index contributed by atoms with van der Waals surface area (Å²) in [7, 11) is 1.84. The van der Waals surface area contributed by atoms with Crippen molar-refractivity contribution in [3.63, 3.8) is 0 Å². The monoisotopic (exact) mass is 459 g/mol. The van der Waals surface area contributed by atoms with Gasteiger partial charge in [0.25, 0.3) is 0 Å². The molecule has 2 aromatic heterocycles. The summed E-state index contributed by atoms with van der Waals surface area (Å²) in [5, 5.41) is 11.2. The van der Waals surface area contributed by atoms with Crippen molar-refractivity contribution in [1.82, 2.24) is 25.2 Å². The van der Waals surface area contributed by atoms with E-state index in [1.54, 1.807) is 21.8 Å². The normalized spacial score (nSPS) is 15.3. The van der Waals surface area contributed by atoms with E-state index in [1.165, 1.54) is 6.26 Å². The number of nitrogens with zero attached hydrogens (tertiary/aromatic N) is 6. The summed E-state index contributed by atoms with van der Waals surface area (Å²) in [6.07, 6.45) is 5.07. The quantitative estimate of drug-likeness (QED) is 0.414. The Morgan fingerprint density at radius 3 is 2.88 bits per heavy atom. The van der Waals surface area contributed by atoms with E-state index in [4.69, 9.17) is 4.52 Å². The van der Waals surface area contributed by atoms with Gasteiger partial charge in [-0.2, -0.15) is 5.10 Å². The molecule has 3 heterocycles. The Balaban J connectivity index is 0.00000225. The highest BCUT2D eigenvalue weighted by atomic mass is 127. The molecular formula is C15H22IN7O2. The fourth-order valence-electron chi connectivity index (χ4n) is 2.58. The number of guanidine groups is 1. The molecule has 2 aromatic rings. The molecule has 136 valence electrons. The molecule has 0 radical (unpaired) electrons. The summed E-state index contributed by atoms with van der Waals surface area (Å²) < 4.78 is 6.51. The molecule has 1 N–H and O–H groups in total. The Kier molecular flexibility index (Phi) is 6.79. The molecule has 0 bridgehead atoms. The molecule has 0 saturated carbocycles. The number of hydrogen-bond donors (Lipinski definition) is 1. The standard InChI is InChI=1S/C15H21N7O2.HI/c1-3-16-15(17-8-12-4-7-24-19-12)21-5-6-22(14(23)11-21)13-9-18-20(2)10-13;/h4,7,9-10H,3,5-6,8,11H2,1-2H3,(H,16,17);1H. The molecule has 0 unspecified atom stereocenters. The fraction of sp³-hybridized carbons (Fsp3) is 0.467. The molecule has 0 spiro atoms. The largest absolute Gasteiger partial charge is 0.364 e. The molecule has 0 aromatic carbocycles. The Morgan fingerprint density at radius 1 is 1.44 bits per heavy atom. The van der Waals surface area contributed by atoms with E-state index in [9.17, 15) is 4.79 Å². The molecule has 1 aliphatic rings. The summed E-state index contributed by atoms with van der Waals surface area (Å²) >= 11 is 0. The second-order valence-electron chi connectivity index (χ2n) is 5.50. The van der Waals surface area contributed by atoms with E-state index in [0.717, 1.165) is 17.9 Å². The van der Waals surface area contributed by atoms with Crippen LogP contribution in [-0.2, 0) is 18.4 Å². The van der Waals surface area contributed by atoms with E-state index >= 15 is 0 Å². The van der Waals surface area contributed by atoms with Gasteiger partial charge in [-0.25, -0.2) is 4.99 Å². The SMILES string of the molecule is CCNC(=NCc1ccon1)N1CCN(c2cnn(C)c2)C(=O)C1.I. The minimum atomic E-state index is 0. The predicted octanol–water partition coefficient (Wildman–Crippen LogP) is 0.840. The van der Waals surface area contributed by atoms with Crippen molar-refractivity contribution in [2.75, 3.05) is 31.1 Å². The van der Waals surface area contributed by atoms with Crippen molar-refractivity contribution < 1.29 is 9.32 Å². The zero-order valence-corrected chi connectivity index (χ0v) is 16.6. The number of hydrogen-bond acceptors (Lipinski definition) is 5. The molecule has 10 heteroatoms. The smallest absolute Gasteiger partial charge is 0.246 e. The van der Waals surface area contributed by atoms with Crippen LogP contribution in [0.15, 0.2) is 34.2 Å². The Morgan fingerprint density at radius 2 is 2.28 bits per heavy atom. The van der Waals surface area contributed by atoms with Crippen molar-refractivity contribution in [3.05, 3.63) is 30.4 Å². The number of aryl methyl sites for hydroxylation is 1. The molecule has 1 aliphatic heterocycles. The van der Waals surface area contributed by atoms with Gasteiger partial charge in [0, 0.05) is 38.9 Å². The van der Waals surface area contributed by atoms with Crippen LogP contribution in [0.25, 0.3) is 0 Å². The third kappa shape index (κ3) is 4.71. The number of piperazine rings is 1. The Bertz CT molecular complexity index is 713. The lowest BCUT2D eigenvalue weighted by molar-refractivity contribution is -0.120. The predicted molar refractivity (Wildman–Crippen MR) is 104 cm³/mol. The van der Waals surface area contributed by atoms with Crippen LogP contribution < -0.4 is 10.2 Å². The van der Waals surface area contributed by atoms with Crippen LogP contribution in [0.4, 0.5) is 5.69 Å². The van der Waals surface area contributed by atoms with Gasteiger partial charge in [-0.05, 0) is 6.92 Å². The first-order valence-electron chi connectivity index (χ1n) is 7.89. The van der Waals surface area contributed by atoms with Gasteiger partial charge in [0.15, 0.2) is 5.96 Å². The van der Waals surface area contributed by atoms with E-state index < -0.39 is 0 Å².